The maximum Gasteiger partial charge on any atom is 0.196 e. The molecule has 0 amide bonds. The highest BCUT2D eigenvalue weighted by atomic mass is 35.5. The number of aromatic nitrogens is 3. The average molecular weight is 602 g/mol. The lowest BCUT2D eigenvalue weighted by Gasteiger charge is -2.18. The number of hydrogen-bond acceptors (Lipinski definition) is 5. The Balaban J connectivity index is 1.45. The number of aryl methyl sites for hydroxylation is 3. The van der Waals surface area contributed by atoms with Gasteiger partial charge in [-0.15, -0.1) is 0 Å². The van der Waals surface area contributed by atoms with Crippen molar-refractivity contribution in [2.24, 2.45) is 7.05 Å². The maximum atomic E-state index is 11.4. The van der Waals surface area contributed by atoms with Crippen LogP contribution in [0.2, 0.25) is 5.02 Å². The minimum Gasteiger partial charge on any atom is -0.493 e. The van der Waals surface area contributed by atoms with Crippen molar-refractivity contribution < 1.29 is 19.3 Å². The van der Waals surface area contributed by atoms with Crippen LogP contribution in [0.1, 0.15) is 62.0 Å². The third-order valence-electron chi connectivity index (χ3n) is 8.44. The fraction of sp³-hybridized carbons (Fsp3) is 0.400. The van der Waals surface area contributed by atoms with Crippen molar-refractivity contribution in [3.05, 3.63) is 82.3 Å². The van der Waals surface area contributed by atoms with E-state index in [1.807, 2.05) is 49.0 Å². The van der Waals surface area contributed by atoms with E-state index >= 15 is 0 Å². The predicted molar refractivity (Wildman–Crippen MR) is 172 cm³/mol. The first-order valence-corrected chi connectivity index (χ1v) is 15.8. The number of rotatable bonds is 9. The average Bonchev–Trinajstić information content (AvgIpc) is 3.49. The summed E-state index contributed by atoms with van der Waals surface area (Å²) in [5.41, 5.74) is 6.88. The summed E-state index contributed by atoms with van der Waals surface area (Å²) in [6, 6.07) is 18.5. The van der Waals surface area contributed by atoms with E-state index in [0.29, 0.717) is 31.5 Å². The Hall–Kier alpha value is -3.36. The van der Waals surface area contributed by atoms with Crippen molar-refractivity contribution >= 4 is 33.3 Å². The van der Waals surface area contributed by atoms with Gasteiger partial charge in [0.15, 0.2) is 6.29 Å². The fourth-order valence-electron chi connectivity index (χ4n) is 6.57. The van der Waals surface area contributed by atoms with E-state index in [2.05, 4.69) is 35.8 Å². The highest BCUT2D eigenvalue weighted by Gasteiger charge is 2.29. The number of fused-ring (bicyclic) bond motifs is 3. The van der Waals surface area contributed by atoms with E-state index < -0.39 is 6.29 Å². The predicted octanol–water partition coefficient (Wildman–Crippen LogP) is 7.76. The van der Waals surface area contributed by atoms with Gasteiger partial charge in [-0.05, 0) is 62.1 Å². The van der Waals surface area contributed by atoms with Crippen LogP contribution in [0.25, 0.3) is 32.8 Å². The first-order chi connectivity index (χ1) is 21.0. The molecule has 5 aromatic rings. The zero-order chi connectivity index (χ0) is 29.9. The van der Waals surface area contributed by atoms with E-state index in [1.54, 1.807) is 0 Å². The van der Waals surface area contributed by atoms with Crippen LogP contribution in [0.5, 0.6) is 5.75 Å². The molecule has 1 unspecified atom stereocenters. The van der Waals surface area contributed by atoms with Crippen molar-refractivity contribution in [2.45, 2.75) is 65.4 Å². The highest BCUT2D eigenvalue weighted by Crippen LogP contribution is 2.44. The Bertz CT molecular complexity index is 1740. The third kappa shape index (κ3) is 5.67. The monoisotopic (exact) mass is 601 g/mol. The van der Waals surface area contributed by atoms with Gasteiger partial charge < -0.3 is 23.9 Å². The second-order valence-corrected chi connectivity index (χ2v) is 11.5. The molecule has 0 saturated carbocycles. The number of benzene rings is 3. The van der Waals surface area contributed by atoms with Gasteiger partial charge >= 0.3 is 0 Å². The molecule has 1 aliphatic heterocycles. The number of halogens is 1. The lowest BCUT2D eigenvalue weighted by molar-refractivity contribution is -0.103. The highest BCUT2D eigenvalue weighted by molar-refractivity contribution is 6.35. The van der Waals surface area contributed by atoms with Gasteiger partial charge in [0.2, 0.25) is 0 Å². The second-order valence-electron chi connectivity index (χ2n) is 11.1. The van der Waals surface area contributed by atoms with Gasteiger partial charge in [0, 0.05) is 54.4 Å². The van der Waals surface area contributed by atoms with Crippen molar-refractivity contribution in [2.75, 3.05) is 19.8 Å². The Kier molecular flexibility index (Phi) is 9.05. The first kappa shape index (κ1) is 29.7. The van der Waals surface area contributed by atoms with Crippen LogP contribution in [0.4, 0.5) is 0 Å². The molecule has 43 heavy (non-hydrogen) atoms. The fourth-order valence-corrected chi connectivity index (χ4v) is 6.82. The summed E-state index contributed by atoms with van der Waals surface area (Å²) < 4.78 is 22.4. The summed E-state index contributed by atoms with van der Waals surface area (Å²) in [6.07, 6.45) is 3.04. The molecule has 0 spiro atoms. The van der Waals surface area contributed by atoms with E-state index in [-0.39, 0.29) is 0 Å². The molecule has 0 aliphatic carbocycles. The summed E-state index contributed by atoms with van der Waals surface area (Å²) in [7, 11) is 1.98. The summed E-state index contributed by atoms with van der Waals surface area (Å²) >= 11 is 7.08. The Morgan fingerprint density at radius 1 is 1.02 bits per heavy atom. The second kappa shape index (κ2) is 13.1. The van der Waals surface area contributed by atoms with Crippen molar-refractivity contribution in [3.63, 3.8) is 0 Å². The van der Waals surface area contributed by atoms with Crippen LogP contribution >= 0.6 is 11.6 Å². The minimum atomic E-state index is -1.06. The normalized spacial score (nSPS) is 14.5. The van der Waals surface area contributed by atoms with E-state index in [0.717, 1.165) is 99.8 Å². The number of ether oxygens (including phenoxy) is 3. The first-order valence-electron chi connectivity index (χ1n) is 15.4. The zero-order valence-corrected chi connectivity index (χ0v) is 26.0. The molecule has 6 rings (SSSR count). The van der Waals surface area contributed by atoms with Crippen LogP contribution in [-0.2, 0) is 42.5 Å². The molecule has 2 aromatic heterocycles. The van der Waals surface area contributed by atoms with Gasteiger partial charge in [-0.1, -0.05) is 61.0 Å². The largest absolute Gasteiger partial charge is 0.493 e. The van der Waals surface area contributed by atoms with Gasteiger partial charge in [0.1, 0.15) is 5.75 Å². The number of aliphatic hydroxyl groups is 1. The van der Waals surface area contributed by atoms with Gasteiger partial charge in [0.05, 0.1) is 35.1 Å². The SMILES string of the molecule is CCOC(O)c1c(CCCOc2cccc3ccccc23)c2ccc(Cl)c3c2n1CCCCOCc1nn(C)c(CC)c1-3. The van der Waals surface area contributed by atoms with E-state index in [4.69, 9.17) is 30.9 Å². The van der Waals surface area contributed by atoms with Crippen LogP contribution in [0, 0.1) is 0 Å². The molecule has 1 N–H and O–H groups in total. The molecule has 0 fully saturated rings. The van der Waals surface area contributed by atoms with Crippen molar-refractivity contribution in [1.82, 2.24) is 14.3 Å². The molecule has 1 aliphatic rings. The molecule has 0 radical (unpaired) electrons. The molecule has 3 heterocycles. The quantitative estimate of drug-likeness (QED) is 0.138. The Morgan fingerprint density at radius 3 is 2.70 bits per heavy atom. The molecule has 0 saturated heterocycles. The number of nitrogens with zero attached hydrogens (tertiary/aromatic N) is 3. The molecule has 0 bridgehead atoms. The van der Waals surface area contributed by atoms with Crippen LogP contribution in [0.3, 0.4) is 0 Å². The zero-order valence-electron chi connectivity index (χ0n) is 25.2. The number of hydrogen-bond donors (Lipinski definition) is 1. The molecule has 3 aromatic carbocycles. The summed E-state index contributed by atoms with van der Waals surface area (Å²) in [6.45, 7) is 6.80. The van der Waals surface area contributed by atoms with Gasteiger partial charge in [-0.3, -0.25) is 4.68 Å². The topological polar surface area (TPSA) is 70.7 Å². The Morgan fingerprint density at radius 2 is 1.86 bits per heavy atom. The molecule has 226 valence electrons. The maximum absolute atomic E-state index is 11.4. The summed E-state index contributed by atoms with van der Waals surface area (Å²) in [5, 5.41) is 20.3. The van der Waals surface area contributed by atoms with E-state index in [9.17, 15) is 5.11 Å². The molecule has 1 atom stereocenters. The third-order valence-corrected chi connectivity index (χ3v) is 8.76. The van der Waals surface area contributed by atoms with Gasteiger partial charge in [0.25, 0.3) is 0 Å². The van der Waals surface area contributed by atoms with Gasteiger partial charge in [-0.25, -0.2) is 0 Å². The lowest BCUT2D eigenvalue weighted by Crippen LogP contribution is -2.14. The molecular formula is C35H40ClN3O4. The summed E-state index contributed by atoms with van der Waals surface area (Å²) in [5.74, 6) is 0.886. The van der Waals surface area contributed by atoms with Crippen LogP contribution in [-0.4, -0.2) is 39.3 Å². The summed E-state index contributed by atoms with van der Waals surface area (Å²) in [4.78, 5) is 0. The molecule has 7 nitrogen and oxygen atoms in total. The standard InChI is InChI=1S/C35H40ClN3O4/c1-4-29-32-28(37-38(29)3)22-41-20-9-8-19-39-33-26(17-18-27(36)31(32)33)25(34(39)35(40)42-5-2)15-11-21-43-30-16-10-13-23-12-6-7-14-24(23)30/h6-7,10,12-14,16-18,35,40H,4-5,8-9,11,15,19-22H2,1-3H3. The van der Waals surface area contributed by atoms with Crippen molar-refractivity contribution in [3.8, 4) is 16.9 Å². The van der Waals surface area contributed by atoms with Gasteiger partial charge in [-0.2, -0.15) is 5.10 Å². The van der Waals surface area contributed by atoms with Crippen LogP contribution in [0.15, 0.2) is 54.6 Å². The number of aliphatic hydroxyl groups excluding tert-OH is 1. The lowest BCUT2D eigenvalue weighted by atomic mass is 9.97. The van der Waals surface area contributed by atoms with Crippen LogP contribution < -0.4 is 4.74 Å². The molecular weight excluding hydrogens is 562 g/mol. The van der Waals surface area contributed by atoms with E-state index in [1.165, 1.54) is 0 Å². The minimum absolute atomic E-state index is 0.403. The smallest absolute Gasteiger partial charge is 0.196 e. The molecule has 8 heteroatoms. The van der Waals surface area contributed by atoms with Crippen molar-refractivity contribution in [1.29, 1.82) is 0 Å². The Labute approximate surface area is 257 Å².